The Morgan fingerprint density at radius 2 is 1.65 bits per heavy atom. The highest BCUT2D eigenvalue weighted by atomic mass is 19.4. The fourth-order valence-corrected chi connectivity index (χ4v) is 3.61. The van der Waals surface area contributed by atoms with Crippen molar-refractivity contribution in [3.05, 3.63) is 84.2 Å². The minimum atomic E-state index is -4.43. The molecule has 0 unspecified atom stereocenters. The number of benzene rings is 2. The Morgan fingerprint density at radius 3 is 2.24 bits per heavy atom. The second-order valence-corrected chi connectivity index (χ2v) is 7.97. The van der Waals surface area contributed by atoms with E-state index in [-0.39, 0.29) is 30.2 Å². The molecular formula is C26H26F3N3O5. The van der Waals surface area contributed by atoms with Gasteiger partial charge in [-0.2, -0.15) is 13.2 Å². The number of rotatable bonds is 6. The third-order valence-corrected chi connectivity index (χ3v) is 5.51. The molecule has 3 aromatic rings. The van der Waals surface area contributed by atoms with Crippen LogP contribution in [0.4, 0.5) is 24.5 Å². The third kappa shape index (κ3) is 7.94. The number of alkyl halides is 3. The topological polar surface area (TPSA) is 103 Å². The van der Waals surface area contributed by atoms with Gasteiger partial charge in [0.15, 0.2) is 0 Å². The van der Waals surface area contributed by atoms with E-state index in [1.807, 2.05) is 0 Å². The summed E-state index contributed by atoms with van der Waals surface area (Å²) in [7, 11) is 0. The number of carbonyl (C=O) groups excluding carboxylic acids is 1. The van der Waals surface area contributed by atoms with Gasteiger partial charge in [0.25, 0.3) is 0 Å². The number of hydrogen-bond donors (Lipinski definition) is 2. The Morgan fingerprint density at radius 1 is 0.973 bits per heavy atom. The van der Waals surface area contributed by atoms with Crippen molar-refractivity contribution in [3.8, 4) is 5.75 Å². The van der Waals surface area contributed by atoms with E-state index < -0.39 is 17.7 Å². The summed E-state index contributed by atoms with van der Waals surface area (Å²) in [5.74, 6) is -1.35. The van der Waals surface area contributed by atoms with Gasteiger partial charge in [-0.1, -0.05) is 18.2 Å². The smallest absolute Gasteiger partial charge is 0.416 e. The summed E-state index contributed by atoms with van der Waals surface area (Å²) < 4.78 is 44.5. The second kappa shape index (κ2) is 12.7. The minimum absolute atomic E-state index is 0.0377. The molecule has 2 aromatic carbocycles. The van der Waals surface area contributed by atoms with E-state index in [1.54, 1.807) is 52.5 Å². The molecule has 1 aliphatic heterocycles. The number of aromatic carboxylic acids is 1. The average molecular weight is 518 g/mol. The standard InChI is InChI=1S/C19H20F3N3O2.C7H6O3/c20-19(21,22)15-2-1-3-17(14-15)25(16-4-7-23-8-5-16)9-6-18(26)24-10-12-27-13-11-24;8-6-4-2-1-3-5(6)7(9)10/h1-5,7-8,14H,6,9-13H2;1-4,8H,(H,9,10). The van der Waals surface area contributed by atoms with Gasteiger partial charge in [0, 0.05) is 49.8 Å². The number of amides is 1. The van der Waals surface area contributed by atoms with Crippen LogP contribution in [0.3, 0.4) is 0 Å². The summed E-state index contributed by atoms with van der Waals surface area (Å²) >= 11 is 0. The predicted molar refractivity (Wildman–Crippen MR) is 130 cm³/mol. The molecule has 11 heteroatoms. The number of carboxylic acid groups (broad SMARTS) is 1. The molecule has 0 bridgehead atoms. The van der Waals surface area contributed by atoms with Crippen molar-refractivity contribution in [2.24, 2.45) is 0 Å². The Hall–Kier alpha value is -4.12. The number of carbonyl (C=O) groups is 2. The first-order chi connectivity index (χ1) is 17.7. The molecule has 1 fully saturated rings. The number of morpholine rings is 1. The molecule has 0 spiro atoms. The number of ether oxygens (including phenoxy) is 1. The van der Waals surface area contributed by atoms with Gasteiger partial charge in [0.2, 0.25) is 5.91 Å². The summed E-state index contributed by atoms with van der Waals surface area (Å²) in [5.41, 5.74) is 0.269. The number of nitrogens with zero attached hydrogens (tertiary/aromatic N) is 3. The second-order valence-electron chi connectivity index (χ2n) is 7.97. The van der Waals surface area contributed by atoms with Gasteiger partial charge in [0.05, 0.1) is 18.8 Å². The van der Waals surface area contributed by atoms with E-state index in [2.05, 4.69) is 4.98 Å². The molecule has 196 valence electrons. The number of aromatic nitrogens is 1. The molecule has 8 nitrogen and oxygen atoms in total. The highest BCUT2D eigenvalue weighted by molar-refractivity contribution is 5.90. The summed E-state index contributed by atoms with van der Waals surface area (Å²) in [6.45, 7) is 2.36. The van der Waals surface area contributed by atoms with E-state index in [9.17, 15) is 22.8 Å². The summed E-state index contributed by atoms with van der Waals surface area (Å²) in [4.78, 5) is 30.1. The van der Waals surface area contributed by atoms with Gasteiger partial charge in [-0.3, -0.25) is 9.78 Å². The number of aromatic hydroxyl groups is 1. The molecule has 0 atom stereocenters. The highest BCUT2D eigenvalue weighted by Crippen LogP contribution is 2.33. The molecule has 1 aromatic heterocycles. The number of carboxylic acids is 1. The van der Waals surface area contributed by atoms with Crippen LogP contribution in [0.2, 0.25) is 0 Å². The maximum Gasteiger partial charge on any atom is 0.416 e. The first kappa shape index (κ1) is 27.5. The van der Waals surface area contributed by atoms with Crippen molar-refractivity contribution in [1.82, 2.24) is 9.88 Å². The lowest BCUT2D eigenvalue weighted by atomic mass is 10.1. The zero-order valence-electron chi connectivity index (χ0n) is 19.8. The zero-order chi connectivity index (χ0) is 26.8. The molecule has 2 heterocycles. The molecule has 1 amide bonds. The highest BCUT2D eigenvalue weighted by Gasteiger charge is 2.31. The van der Waals surface area contributed by atoms with Crippen molar-refractivity contribution in [3.63, 3.8) is 0 Å². The molecule has 2 N–H and O–H groups in total. The predicted octanol–water partition coefficient (Wildman–Crippen LogP) is 4.58. The fourth-order valence-electron chi connectivity index (χ4n) is 3.61. The molecule has 0 saturated carbocycles. The van der Waals surface area contributed by atoms with E-state index in [0.29, 0.717) is 37.7 Å². The van der Waals surface area contributed by atoms with Crippen LogP contribution in [0.5, 0.6) is 5.75 Å². The molecular weight excluding hydrogens is 491 g/mol. The normalized spacial score (nSPS) is 13.3. The maximum absolute atomic E-state index is 13.1. The molecule has 4 rings (SSSR count). The largest absolute Gasteiger partial charge is 0.507 e. The molecule has 1 saturated heterocycles. The van der Waals surface area contributed by atoms with Gasteiger partial charge >= 0.3 is 12.1 Å². The monoisotopic (exact) mass is 517 g/mol. The van der Waals surface area contributed by atoms with Crippen molar-refractivity contribution in [2.75, 3.05) is 37.7 Å². The lowest BCUT2D eigenvalue weighted by molar-refractivity contribution is -0.137. The van der Waals surface area contributed by atoms with Crippen LogP contribution in [-0.2, 0) is 15.7 Å². The zero-order valence-corrected chi connectivity index (χ0v) is 19.8. The van der Waals surface area contributed by atoms with Crippen molar-refractivity contribution in [1.29, 1.82) is 0 Å². The van der Waals surface area contributed by atoms with Crippen LogP contribution in [0.15, 0.2) is 73.1 Å². The van der Waals surface area contributed by atoms with Gasteiger partial charge in [-0.05, 0) is 42.5 Å². The Balaban J connectivity index is 0.000000319. The molecule has 0 radical (unpaired) electrons. The molecule has 37 heavy (non-hydrogen) atoms. The Bertz CT molecular complexity index is 1190. The number of hydrogen-bond acceptors (Lipinski definition) is 6. The van der Waals surface area contributed by atoms with E-state index in [4.69, 9.17) is 14.9 Å². The Kier molecular flexibility index (Phi) is 9.45. The number of phenols is 1. The number of para-hydroxylation sites is 1. The molecule has 1 aliphatic rings. The first-order valence-corrected chi connectivity index (χ1v) is 11.4. The lowest BCUT2D eigenvalue weighted by Crippen LogP contribution is -2.41. The lowest BCUT2D eigenvalue weighted by Gasteiger charge is -2.29. The molecule has 0 aliphatic carbocycles. The van der Waals surface area contributed by atoms with E-state index in [1.165, 1.54) is 18.2 Å². The summed E-state index contributed by atoms with van der Waals surface area (Å²) in [5, 5.41) is 17.3. The van der Waals surface area contributed by atoms with E-state index >= 15 is 0 Å². The fraction of sp³-hybridized carbons (Fsp3) is 0.269. The first-order valence-electron chi connectivity index (χ1n) is 11.4. The summed E-state index contributed by atoms with van der Waals surface area (Å²) in [6.07, 6.45) is -1.10. The third-order valence-electron chi connectivity index (χ3n) is 5.51. The van der Waals surface area contributed by atoms with Gasteiger partial charge in [0.1, 0.15) is 11.3 Å². The van der Waals surface area contributed by atoms with Crippen LogP contribution >= 0.6 is 0 Å². The van der Waals surface area contributed by atoms with Crippen LogP contribution in [-0.4, -0.2) is 64.8 Å². The van der Waals surface area contributed by atoms with Crippen LogP contribution in [0, 0.1) is 0 Å². The van der Waals surface area contributed by atoms with Gasteiger partial charge in [-0.15, -0.1) is 0 Å². The SMILES string of the molecule is O=C(CCN(c1ccncc1)c1cccc(C(F)(F)F)c1)N1CCOCC1.O=C(O)c1ccccc1O. The Labute approximate surface area is 211 Å². The summed E-state index contributed by atoms with van der Waals surface area (Å²) in [6, 6.07) is 14.3. The van der Waals surface area contributed by atoms with Crippen molar-refractivity contribution >= 4 is 23.3 Å². The number of pyridine rings is 1. The maximum atomic E-state index is 13.1. The average Bonchev–Trinajstić information content (AvgIpc) is 2.90. The van der Waals surface area contributed by atoms with E-state index in [0.717, 1.165) is 12.1 Å². The van der Waals surface area contributed by atoms with Gasteiger partial charge < -0.3 is 24.7 Å². The van der Waals surface area contributed by atoms with Crippen LogP contribution < -0.4 is 4.90 Å². The quantitative estimate of drug-likeness (QED) is 0.494. The van der Waals surface area contributed by atoms with Crippen molar-refractivity contribution in [2.45, 2.75) is 12.6 Å². The number of anilines is 2. The van der Waals surface area contributed by atoms with Crippen LogP contribution in [0.25, 0.3) is 0 Å². The van der Waals surface area contributed by atoms with Crippen molar-refractivity contribution < 1.29 is 37.7 Å². The van der Waals surface area contributed by atoms with Gasteiger partial charge in [-0.25, -0.2) is 4.79 Å². The van der Waals surface area contributed by atoms with Crippen LogP contribution in [0.1, 0.15) is 22.3 Å². The number of halogens is 3. The minimum Gasteiger partial charge on any atom is -0.507 e.